The van der Waals surface area contributed by atoms with Crippen LogP contribution in [0, 0.1) is 17.0 Å². The third-order valence-electron chi connectivity index (χ3n) is 5.48. The molecule has 2 aromatic carbocycles. The van der Waals surface area contributed by atoms with Crippen LogP contribution in [0.1, 0.15) is 56.7 Å². The van der Waals surface area contributed by atoms with Gasteiger partial charge in [0.15, 0.2) is 0 Å². The van der Waals surface area contributed by atoms with Gasteiger partial charge in [0.25, 0.3) is 5.69 Å². The molecule has 1 unspecified atom stereocenters. The Morgan fingerprint density at radius 1 is 1.33 bits per heavy atom. The number of aryl methyl sites for hydroxylation is 1. The van der Waals surface area contributed by atoms with Gasteiger partial charge in [-0.1, -0.05) is 13.0 Å². The molecule has 2 aromatic rings. The summed E-state index contributed by atoms with van der Waals surface area (Å²) >= 11 is 0. The largest absolute Gasteiger partial charge is 0.366 e. The fourth-order valence-electron chi connectivity index (χ4n) is 4.22. The van der Waals surface area contributed by atoms with Crippen molar-refractivity contribution in [3.63, 3.8) is 0 Å². The fourth-order valence-corrected chi connectivity index (χ4v) is 4.22. The Morgan fingerprint density at radius 2 is 2.07 bits per heavy atom. The van der Waals surface area contributed by atoms with Crippen LogP contribution in [-0.4, -0.2) is 23.2 Å². The van der Waals surface area contributed by atoms with Crippen molar-refractivity contribution >= 4 is 23.3 Å². The standard InChI is InChI=1S/C22H27N3O2/c1-6-24-21-10-15(2)17(11-20(21)16(3)13-22(24,4)5)14-23-18-8-7-9-19(12-18)25(26)27/h7-12,14,16H,6,13H2,1-5H3. The van der Waals surface area contributed by atoms with Gasteiger partial charge in [-0.05, 0) is 74.9 Å². The summed E-state index contributed by atoms with van der Waals surface area (Å²) in [6.45, 7) is 12.2. The molecule has 1 heterocycles. The van der Waals surface area contributed by atoms with Crippen molar-refractivity contribution in [2.75, 3.05) is 11.4 Å². The zero-order valence-electron chi connectivity index (χ0n) is 16.7. The van der Waals surface area contributed by atoms with E-state index in [9.17, 15) is 10.1 Å². The molecular weight excluding hydrogens is 338 g/mol. The van der Waals surface area contributed by atoms with Crippen molar-refractivity contribution < 1.29 is 4.92 Å². The van der Waals surface area contributed by atoms with E-state index in [-0.39, 0.29) is 11.2 Å². The summed E-state index contributed by atoms with van der Waals surface area (Å²) < 4.78 is 0. The second-order valence-electron chi connectivity index (χ2n) is 7.96. The first-order valence-corrected chi connectivity index (χ1v) is 9.43. The Bertz CT molecular complexity index is 902. The topological polar surface area (TPSA) is 58.7 Å². The Balaban J connectivity index is 1.98. The molecule has 0 bridgehead atoms. The number of non-ortho nitro benzene ring substituents is 1. The van der Waals surface area contributed by atoms with Crippen LogP contribution in [0.3, 0.4) is 0 Å². The monoisotopic (exact) mass is 365 g/mol. The van der Waals surface area contributed by atoms with Gasteiger partial charge in [0, 0.05) is 36.1 Å². The predicted octanol–water partition coefficient (Wildman–Crippen LogP) is 5.77. The third kappa shape index (κ3) is 3.72. The van der Waals surface area contributed by atoms with Gasteiger partial charge in [-0.3, -0.25) is 15.1 Å². The van der Waals surface area contributed by atoms with E-state index in [1.165, 1.54) is 23.4 Å². The summed E-state index contributed by atoms with van der Waals surface area (Å²) in [6.07, 6.45) is 2.93. The summed E-state index contributed by atoms with van der Waals surface area (Å²) in [5.74, 6) is 0.475. The van der Waals surface area contributed by atoms with E-state index in [0.29, 0.717) is 11.6 Å². The number of nitro benzene ring substituents is 1. The number of nitro groups is 1. The molecule has 3 rings (SSSR count). The van der Waals surface area contributed by atoms with E-state index >= 15 is 0 Å². The van der Waals surface area contributed by atoms with Gasteiger partial charge in [0.2, 0.25) is 0 Å². The fraction of sp³-hybridized carbons (Fsp3) is 0.409. The lowest BCUT2D eigenvalue weighted by Crippen LogP contribution is -2.48. The molecule has 1 aliphatic heterocycles. The van der Waals surface area contributed by atoms with E-state index in [1.54, 1.807) is 12.1 Å². The average molecular weight is 365 g/mol. The molecule has 5 heteroatoms. The number of nitrogens with zero attached hydrogens (tertiary/aromatic N) is 3. The van der Waals surface area contributed by atoms with E-state index in [2.05, 4.69) is 56.6 Å². The summed E-state index contributed by atoms with van der Waals surface area (Å²) in [5, 5.41) is 10.9. The minimum atomic E-state index is -0.397. The average Bonchev–Trinajstić information content (AvgIpc) is 2.60. The van der Waals surface area contributed by atoms with Gasteiger partial charge in [-0.2, -0.15) is 0 Å². The highest BCUT2D eigenvalue weighted by Crippen LogP contribution is 2.44. The van der Waals surface area contributed by atoms with Crippen molar-refractivity contribution in [3.05, 3.63) is 63.2 Å². The molecule has 1 atom stereocenters. The quantitative estimate of drug-likeness (QED) is 0.393. The van der Waals surface area contributed by atoms with Crippen LogP contribution in [0.5, 0.6) is 0 Å². The first kappa shape index (κ1) is 19.1. The molecule has 5 nitrogen and oxygen atoms in total. The summed E-state index contributed by atoms with van der Waals surface area (Å²) in [7, 11) is 0. The molecule has 142 valence electrons. The van der Waals surface area contributed by atoms with Gasteiger partial charge in [-0.15, -0.1) is 0 Å². The molecule has 0 saturated heterocycles. The van der Waals surface area contributed by atoms with Crippen molar-refractivity contribution in [1.82, 2.24) is 0 Å². The van der Waals surface area contributed by atoms with E-state index < -0.39 is 4.92 Å². The van der Waals surface area contributed by atoms with Crippen LogP contribution in [0.4, 0.5) is 17.1 Å². The molecule has 0 fully saturated rings. The van der Waals surface area contributed by atoms with Gasteiger partial charge in [0.05, 0.1) is 10.6 Å². The predicted molar refractivity (Wildman–Crippen MR) is 112 cm³/mol. The van der Waals surface area contributed by atoms with Crippen LogP contribution >= 0.6 is 0 Å². The lowest BCUT2D eigenvalue weighted by Gasteiger charge is -2.47. The van der Waals surface area contributed by atoms with Gasteiger partial charge in [-0.25, -0.2) is 0 Å². The number of hydrogen-bond acceptors (Lipinski definition) is 4. The smallest absolute Gasteiger partial charge is 0.271 e. The van der Waals surface area contributed by atoms with Crippen molar-refractivity contribution in [2.45, 2.75) is 52.5 Å². The number of aliphatic imine (C=N–C) groups is 1. The lowest BCUT2D eigenvalue weighted by atomic mass is 9.79. The second kappa shape index (κ2) is 7.14. The summed E-state index contributed by atoms with van der Waals surface area (Å²) in [4.78, 5) is 17.5. The number of benzene rings is 2. The van der Waals surface area contributed by atoms with E-state index in [0.717, 1.165) is 24.1 Å². The van der Waals surface area contributed by atoms with Crippen molar-refractivity contribution in [2.24, 2.45) is 4.99 Å². The Hall–Kier alpha value is -2.69. The van der Waals surface area contributed by atoms with Gasteiger partial charge < -0.3 is 4.90 Å². The zero-order chi connectivity index (χ0) is 19.8. The maximum absolute atomic E-state index is 10.9. The number of fused-ring (bicyclic) bond motifs is 1. The Kier molecular flexibility index (Phi) is 5.05. The van der Waals surface area contributed by atoms with E-state index in [4.69, 9.17) is 0 Å². The minimum absolute atomic E-state index is 0.0567. The normalized spacial score (nSPS) is 18.6. The van der Waals surface area contributed by atoms with Crippen LogP contribution in [0.25, 0.3) is 0 Å². The third-order valence-corrected chi connectivity index (χ3v) is 5.48. The highest BCUT2D eigenvalue weighted by Gasteiger charge is 2.35. The summed E-state index contributed by atoms with van der Waals surface area (Å²) in [5.41, 5.74) is 5.67. The van der Waals surface area contributed by atoms with Gasteiger partial charge in [0.1, 0.15) is 0 Å². The maximum Gasteiger partial charge on any atom is 0.271 e. The molecule has 27 heavy (non-hydrogen) atoms. The molecule has 0 spiro atoms. The Morgan fingerprint density at radius 3 is 2.74 bits per heavy atom. The molecule has 0 amide bonds. The van der Waals surface area contributed by atoms with Crippen LogP contribution in [0.2, 0.25) is 0 Å². The molecule has 1 aliphatic rings. The highest BCUT2D eigenvalue weighted by atomic mass is 16.6. The molecule has 0 saturated carbocycles. The van der Waals surface area contributed by atoms with Crippen LogP contribution in [-0.2, 0) is 0 Å². The number of hydrogen-bond donors (Lipinski definition) is 0. The first-order chi connectivity index (χ1) is 12.7. The highest BCUT2D eigenvalue weighted by molar-refractivity contribution is 5.86. The van der Waals surface area contributed by atoms with E-state index in [1.807, 2.05) is 6.21 Å². The lowest BCUT2D eigenvalue weighted by molar-refractivity contribution is -0.384. The van der Waals surface area contributed by atoms with Crippen LogP contribution < -0.4 is 4.90 Å². The number of anilines is 1. The number of rotatable bonds is 4. The summed E-state index contributed by atoms with van der Waals surface area (Å²) in [6, 6.07) is 10.9. The zero-order valence-corrected chi connectivity index (χ0v) is 16.7. The Labute approximate surface area is 160 Å². The van der Waals surface area contributed by atoms with Crippen molar-refractivity contribution in [1.29, 1.82) is 0 Å². The molecular formula is C22H27N3O2. The van der Waals surface area contributed by atoms with Crippen LogP contribution in [0.15, 0.2) is 41.4 Å². The second-order valence-corrected chi connectivity index (χ2v) is 7.96. The molecule has 0 aromatic heterocycles. The SMILES string of the molecule is CCN1c2cc(C)c(C=Nc3cccc([N+](=O)[O-])c3)cc2C(C)CC1(C)C. The first-order valence-electron chi connectivity index (χ1n) is 9.43. The van der Waals surface area contributed by atoms with Gasteiger partial charge >= 0.3 is 0 Å². The molecule has 0 aliphatic carbocycles. The maximum atomic E-state index is 10.9. The minimum Gasteiger partial charge on any atom is -0.366 e. The van der Waals surface area contributed by atoms with Crippen molar-refractivity contribution in [3.8, 4) is 0 Å². The molecule has 0 N–H and O–H groups in total. The molecule has 0 radical (unpaired) electrons.